The van der Waals surface area contributed by atoms with Crippen LogP contribution >= 0.6 is 0 Å². The number of hydrogen-bond acceptors (Lipinski definition) is 3. The highest BCUT2D eigenvalue weighted by Crippen LogP contribution is 2.23. The van der Waals surface area contributed by atoms with Gasteiger partial charge in [0.25, 0.3) is 0 Å². The Labute approximate surface area is 118 Å². The zero-order valence-corrected chi connectivity index (χ0v) is 11.8. The number of sulfonamides is 1. The van der Waals surface area contributed by atoms with Crippen molar-refractivity contribution in [2.24, 2.45) is 0 Å². The van der Waals surface area contributed by atoms with Crippen LogP contribution in [-0.4, -0.2) is 14.7 Å². The van der Waals surface area contributed by atoms with Crippen LogP contribution in [0.1, 0.15) is 11.1 Å². The number of nitrogens with one attached hydrogen (secondary N) is 1. The Morgan fingerprint density at radius 1 is 1.10 bits per heavy atom. The summed E-state index contributed by atoms with van der Waals surface area (Å²) < 4.78 is 24.5. The molecule has 0 radical (unpaired) electrons. The topological polar surface area (TPSA) is 70.0 Å². The van der Waals surface area contributed by atoms with Gasteiger partial charge in [-0.25, -0.2) is 13.1 Å². The summed E-state index contributed by atoms with van der Waals surface area (Å²) in [6.07, 6.45) is 1.13. The molecule has 0 fully saturated rings. The second-order valence-corrected chi connectivity index (χ2v) is 6.28. The van der Waals surface area contributed by atoms with Gasteiger partial charge in [-0.2, -0.15) is 5.26 Å². The van der Waals surface area contributed by atoms with Gasteiger partial charge in [-0.3, -0.25) is 0 Å². The van der Waals surface area contributed by atoms with E-state index in [1.165, 1.54) is 0 Å². The summed E-state index contributed by atoms with van der Waals surface area (Å²) in [5.74, 6) is 0. The molecule has 0 aliphatic heterocycles. The Kier molecular flexibility index (Phi) is 4.18. The van der Waals surface area contributed by atoms with Gasteiger partial charge in [0.05, 0.1) is 17.9 Å². The second-order valence-electron chi connectivity index (χ2n) is 4.45. The smallest absolute Gasteiger partial charge is 0.209 e. The van der Waals surface area contributed by atoms with Gasteiger partial charge in [-0.15, -0.1) is 0 Å². The normalized spacial score (nSPS) is 11.0. The number of benzene rings is 2. The maximum absolute atomic E-state index is 11.0. The average Bonchev–Trinajstić information content (AvgIpc) is 2.45. The lowest BCUT2D eigenvalue weighted by atomic mass is 9.99. The molecule has 1 N–H and O–H groups in total. The molecule has 0 aliphatic rings. The van der Waals surface area contributed by atoms with Crippen molar-refractivity contribution in [2.45, 2.75) is 6.54 Å². The molecule has 2 aromatic carbocycles. The highest BCUT2D eigenvalue weighted by atomic mass is 32.2. The molecule has 0 atom stereocenters. The molecule has 2 rings (SSSR count). The van der Waals surface area contributed by atoms with Crippen LogP contribution in [0.25, 0.3) is 11.1 Å². The van der Waals surface area contributed by atoms with E-state index in [4.69, 9.17) is 5.26 Å². The van der Waals surface area contributed by atoms with E-state index >= 15 is 0 Å². The Bertz CT molecular complexity index is 744. The summed E-state index contributed by atoms with van der Waals surface area (Å²) in [5, 5.41) is 9.08. The Hall–Kier alpha value is -2.16. The van der Waals surface area contributed by atoms with Crippen LogP contribution in [0, 0.1) is 11.3 Å². The summed E-state index contributed by atoms with van der Waals surface area (Å²) in [6, 6.07) is 17.0. The van der Waals surface area contributed by atoms with Crippen LogP contribution in [0.4, 0.5) is 0 Å². The Morgan fingerprint density at radius 3 is 2.35 bits per heavy atom. The minimum Gasteiger partial charge on any atom is -0.213 e. The molecule has 0 aliphatic carbocycles. The molecule has 0 spiro atoms. The van der Waals surface area contributed by atoms with E-state index in [-0.39, 0.29) is 6.54 Å². The van der Waals surface area contributed by atoms with E-state index in [1.807, 2.05) is 42.5 Å². The predicted molar refractivity (Wildman–Crippen MR) is 78.3 cm³/mol. The third kappa shape index (κ3) is 3.67. The van der Waals surface area contributed by atoms with Crippen LogP contribution in [0.3, 0.4) is 0 Å². The SMILES string of the molecule is CS(=O)(=O)NCc1ccc(-c2ccccc2C#N)cc1. The summed E-state index contributed by atoms with van der Waals surface area (Å²) in [7, 11) is -3.19. The maximum atomic E-state index is 11.0. The summed E-state index contributed by atoms with van der Waals surface area (Å²) in [6.45, 7) is 0.263. The van der Waals surface area contributed by atoms with E-state index in [0.717, 1.165) is 22.9 Å². The number of nitrogens with zero attached hydrogens (tertiary/aromatic N) is 1. The second kappa shape index (κ2) is 5.87. The third-order valence-corrected chi connectivity index (χ3v) is 3.52. The summed E-state index contributed by atoms with van der Waals surface area (Å²) in [4.78, 5) is 0. The zero-order valence-electron chi connectivity index (χ0n) is 11.0. The van der Waals surface area contributed by atoms with E-state index < -0.39 is 10.0 Å². The van der Waals surface area contributed by atoms with Crippen molar-refractivity contribution in [1.82, 2.24) is 4.72 Å². The van der Waals surface area contributed by atoms with E-state index in [1.54, 1.807) is 6.07 Å². The minimum atomic E-state index is -3.19. The van der Waals surface area contributed by atoms with Crippen molar-refractivity contribution < 1.29 is 8.42 Å². The molecule has 2 aromatic rings. The van der Waals surface area contributed by atoms with Crippen molar-refractivity contribution in [1.29, 1.82) is 5.26 Å². The number of nitriles is 1. The standard InChI is InChI=1S/C15H14N2O2S/c1-20(18,19)17-11-12-6-8-13(9-7-12)15-5-3-2-4-14(15)10-16/h2-9,17H,11H2,1H3. The number of rotatable bonds is 4. The molecule has 0 heterocycles. The van der Waals surface area contributed by atoms with Crippen LogP contribution in [0.2, 0.25) is 0 Å². The number of hydrogen-bond donors (Lipinski definition) is 1. The van der Waals surface area contributed by atoms with Gasteiger partial charge in [0.15, 0.2) is 0 Å². The summed E-state index contributed by atoms with van der Waals surface area (Å²) in [5.41, 5.74) is 3.30. The average molecular weight is 286 g/mol. The predicted octanol–water partition coefficient (Wildman–Crippen LogP) is 2.27. The molecular formula is C15H14N2O2S. The van der Waals surface area contributed by atoms with Crippen molar-refractivity contribution in [3.8, 4) is 17.2 Å². The van der Waals surface area contributed by atoms with Crippen LogP contribution in [-0.2, 0) is 16.6 Å². The van der Waals surface area contributed by atoms with Crippen molar-refractivity contribution >= 4 is 10.0 Å². The fraction of sp³-hybridized carbons (Fsp3) is 0.133. The van der Waals surface area contributed by atoms with Gasteiger partial charge in [0.1, 0.15) is 0 Å². The monoisotopic (exact) mass is 286 g/mol. The van der Waals surface area contributed by atoms with Gasteiger partial charge in [-0.05, 0) is 22.8 Å². The first-order valence-electron chi connectivity index (χ1n) is 6.03. The molecule has 0 bridgehead atoms. The largest absolute Gasteiger partial charge is 0.213 e. The Balaban J connectivity index is 2.22. The lowest BCUT2D eigenvalue weighted by Crippen LogP contribution is -2.21. The first-order valence-corrected chi connectivity index (χ1v) is 7.92. The molecule has 0 unspecified atom stereocenters. The van der Waals surface area contributed by atoms with Crippen LogP contribution < -0.4 is 4.72 Å². The molecule has 5 heteroatoms. The highest BCUT2D eigenvalue weighted by molar-refractivity contribution is 7.88. The van der Waals surface area contributed by atoms with Gasteiger partial charge in [-0.1, -0.05) is 42.5 Å². The molecule has 0 saturated heterocycles. The maximum Gasteiger partial charge on any atom is 0.209 e. The van der Waals surface area contributed by atoms with Crippen molar-refractivity contribution in [3.05, 3.63) is 59.7 Å². The molecule has 20 heavy (non-hydrogen) atoms. The third-order valence-electron chi connectivity index (χ3n) is 2.85. The van der Waals surface area contributed by atoms with Gasteiger partial charge in [0, 0.05) is 6.54 Å². The van der Waals surface area contributed by atoms with E-state index in [2.05, 4.69) is 10.8 Å². The fourth-order valence-corrected chi connectivity index (χ4v) is 2.28. The molecule has 0 amide bonds. The molecular weight excluding hydrogens is 272 g/mol. The van der Waals surface area contributed by atoms with Crippen LogP contribution in [0.5, 0.6) is 0 Å². The lowest BCUT2D eigenvalue weighted by Gasteiger charge is -2.06. The zero-order chi connectivity index (χ0) is 14.6. The quantitative estimate of drug-likeness (QED) is 0.937. The molecule has 0 saturated carbocycles. The van der Waals surface area contributed by atoms with Gasteiger partial charge >= 0.3 is 0 Å². The van der Waals surface area contributed by atoms with E-state index in [0.29, 0.717) is 5.56 Å². The molecule has 0 aromatic heterocycles. The van der Waals surface area contributed by atoms with Gasteiger partial charge in [0.2, 0.25) is 10.0 Å². The van der Waals surface area contributed by atoms with Crippen molar-refractivity contribution in [3.63, 3.8) is 0 Å². The summed E-state index contributed by atoms with van der Waals surface area (Å²) >= 11 is 0. The first kappa shape index (κ1) is 14.3. The van der Waals surface area contributed by atoms with Gasteiger partial charge < -0.3 is 0 Å². The Morgan fingerprint density at radius 2 is 1.75 bits per heavy atom. The molecule has 102 valence electrons. The minimum absolute atomic E-state index is 0.263. The van der Waals surface area contributed by atoms with E-state index in [9.17, 15) is 8.42 Å². The first-order chi connectivity index (χ1) is 9.49. The molecule has 4 nitrogen and oxygen atoms in total. The van der Waals surface area contributed by atoms with Crippen LogP contribution in [0.15, 0.2) is 48.5 Å². The lowest BCUT2D eigenvalue weighted by molar-refractivity contribution is 0.587. The highest BCUT2D eigenvalue weighted by Gasteiger charge is 2.05. The van der Waals surface area contributed by atoms with Crippen molar-refractivity contribution in [2.75, 3.05) is 6.26 Å². The fourth-order valence-electron chi connectivity index (χ4n) is 1.85.